The highest BCUT2D eigenvalue weighted by atomic mass is 16.1. The smallest absolute Gasteiger partial charge is 0.228 e. The Morgan fingerprint density at radius 2 is 2.29 bits per heavy atom. The van der Waals surface area contributed by atoms with Crippen LogP contribution in [0.5, 0.6) is 0 Å². The van der Waals surface area contributed by atoms with E-state index in [1.807, 2.05) is 37.2 Å². The van der Waals surface area contributed by atoms with Crippen LogP contribution in [0.15, 0.2) is 18.2 Å². The number of nitrogens with zero attached hydrogens (tertiary/aromatic N) is 2. The molecular formula is C13H15N3O. The monoisotopic (exact) mass is 229 g/mol. The number of carbonyl (C=O) groups excluding carboxylic acids is 1. The van der Waals surface area contributed by atoms with E-state index in [0.717, 1.165) is 16.8 Å². The van der Waals surface area contributed by atoms with Gasteiger partial charge in [0.25, 0.3) is 0 Å². The first-order valence-corrected chi connectivity index (χ1v) is 5.58. The summed E-state index contributed by atoms with van der Waals surface area (Å²) in [4.78, 5) is 13.3. The Labute approximate surface area is 101 Å². The molecule has 1 aromatic carbocycles. The summed E-state index contributed by atoms with van der Waals surface area (Å²) < 4.78 is 0. The molecule has 1 unspecified atom stereocenters. The number of fused-ring (bicyclic) bond motifs is 1. The van der Waals surface area contributed by atoms with Gasteiger partial charge in [-0.2, -0.15) is 5.26 Å². The third kappa shape index (κ3) is 2.29. The molecule has 1 atom stereocenters. The van der Waals surface area contributed by atoms with Gasteiger partial charge in [0, 0.05) is 11.7 Å². The van der Waals surface area contributed by atoms with E-state index in [4.69, 9.17) is 5.26 Å². The molecule has 1 aromatic rings. The predicted molar refractivity (Wildman–Crippen MR) is 65.4 cm³/mol. The molecule has 4 nitrogen and oxygen atoms in total. The largest absolute Gasteiger partial charge is 0.326 e. The molecule has 2 rings (SSSR count). The van der Waals surface area contributed by atoms with Gasteiger partial charge in [-0.25, -0.2) is 0 Å². The highest BCUT2D eigenvalue weighted by Gasteiger charge is 2.20. The molecular weight excluding hydrogens is 214 g/mol. The van der Waals surface area contributed by atoms with Gasteiger partial charge < -0.3 is 10.2 Å². The van der Waals surface area contributed by atoms with Gasteiger partial charge >= 0.3 is 0 Å². The summed E-state index contributed by atoms with van der Waals surface area (Å²) >= 11 is 0. The maximum Gasteiger partial charge on any atom is 0.228 e. The van der Waals surface area contributed by atoms with Crippen molar-refractivity contribution in [3.05, 3.63) is 29.3 Å². The van der Waals surface area contributed by atoms with Crippen molar-refractivity contribution in [3.63, 3.8) is 0 Å². The molecule has 4 heteroatoms. The Bertz CT molecular complexity index is 488. The SMILES string of the molecule is CN(C)C(CC#N)c1ccc2c(c1)CC(=O)N2. The van der Waals surface area contributed by atoms with Gasteiger partial charge in [0.2, 0.25) is 5.91 Å². The zero-order chi connectivity index (χ0) is 12.4. The standard InChI is InChI=1S/C13H15N3O/c1-16(2)12(5-6-14)9-3-4-11-10(7-9)8-13(17)15-11/h3-4,7,12H,5,8H2,1-2H3,(H,15,17). The molecule has 0 aliphatic carbocycles. The summed E-state index contributed by atoms with van der Waals surface area (Å²) in [6.45, 7) is 0. The van der Waals surface area contributed by atoms with Crippen LogP contribution in [0, 0.1) is 11.3 Å². The van der Waals surface area contributed by atoms with E-state index < -0.39 is 0 Å². The molecule has 0 bridgehead atoms. The quantitative estimate of drug-likeness (QED) is 0.858. The number of rotatable bonds is 3. The van der Waals surface area contributed by atoms with Crippen molar-refractivity contribution in [2.75, 3.05) is 19.4 Å². The number of nitrogens with one attached hydrogen (secondary N) is 1. The van der Waals surface area contributed by atoms with Gasteiger partial charge in [-0.3, -0.25) is 4.79 Å². The van der Waals surface area contributed by atoms with Gasteiger partial charge in [-0.05, 0) is 31.3 Å². The number of carbonyl (C=O) groups is 1. The van der Waals surface area contributed by atoms with Crippen LogP contribution in [0.4, 0.5) is 5.69 Å². The normalized spacial score (nSPS) is 15.3. The van der Waals surface area contributed by atoms with Crippen molar-refractivity contribution in [2.24, 2.45) is 0 Å². The Balaban J connectivity index is 2.31. The van der Waals surface area contributed by atoms with Gasteiger partial charge in [0.1, 0.15) is 0 Å². The van der Waals surface area contributed by atoms with E-state index in [9.17, 15) is 4.79 Å². The van der Waals surface area contributed by atoms with Crippen molar-refractivity contribution in [1.82, 2.24) is 4.90 Å². The minimum absolute atomic E-state index is 0.0406. The Kier molecular flexibility index (Phi) is 3.12. The number of benzene rings is 1. The maximum absolute atomic E-state index is 11.3. The van der Waals surface area contributed by atoms with Gasteiger partial charge in [0.05, 0.1) is 18.9 Å². The fourth-order valence-corrected chi connectivity index (χ4v) is 2.14. The van der Waals surface area contributed by atoms with Crippen LogP contribution >= 0.6 is 0 Å². The van der Waals surface area contributed by atoms with E-state index in [0.29, 0.717) is 12.8 Å². The molecule has 1 amide bonds. The van der Waals surface area contributed by atoms with Crippen LogP contribution in [-0.2, 0) is 11.2 Å². The van der Waals surface area contributed by atoms with E-state index in [2.05, 4.69) is 11.4 Å². The molecule has 0 spiro atoms. The van der Waals surface area contributed by atoms with Crippen molar-refractivity contribution in [3.8, 4) is 6.07 Å². The molecule has 0 saturated heterocycles. The van der Waals surface area contributed by atoms with E-state index in [1.165, 1.54) is 0 Å². The van der Waals surface area contributed by atoms with Gasteiger partial charge in [0.15, 0.2) is 0 Å². The van der Waals surface area contributed by atoms with E-state index in [-0.39, 0.29) is 11.9 Å². The van der Waals surface area contributed by atoms with Gasteiger partial charge in [-0.1, -0.05) is 12.1 Å². The zero-order valence-electron chi connectivity index (χ0n) is 10.0. The molecule has 17 heavy (non-hydrogen) atoms. The second-order valence-electron chi connectivity index (χ2n) is 4.48. The summed E-state index contributed by atoms with van der Waals surface area (Å²) in [5, 5.41) is 11.6. The van der Waals surface area contributed by atoms with Crippen LogP contribution in [0.1, 0.15) is 23.6 Å². The van der Waals surface area contributed by atoms with Crippen LogP contribution in [-0.4, -0.2) is 24.9 Å². The highest BCUT2D eigenvalue weighted by Crippen LogP contribution is 2.29. The molecule has 88 valence electrons. The number of anilines is 1. The van der Waals surface area contributed by atoms with Crippen molar-refractivity contribution >= 4 is 11.6 Å². The zero-order valence-corrected chi connectivity index (χ0v) is 10.0. The molecule has 0 aromatic heterocycles. The fourth-order valence-electron chi connectivity index (χ4n) is 2.14. The number of hydrogen-bond donors (Lipinski definition) is 1. The van der Waals surface area contributed by atoms with Crippen LogP contribution in [0.25, 0.3) is 0 Å². The van der Waals surface area contributed by atoms with Crippen molar-refractivity contribution in [2.45, 2.75) is 18.9 Å². The number of hydrogen-bond acceptors (Lipinski definition) is 3. The van der Waals surface area contributed by atoms with Gasteiger partial charge in [-0.15, -0.1) is 0 Å². The summed E-state index contributed by atoms with van der Waals surface area (Å²) in [7, 11) is 3.91. The second-order valence-corrected chi connectivity index (χ2v) is 4.48. The molecule has 1 aliphatic rings. The fraction of sp³-hybridized carbons (Fsp3) is 0.385. The topological polar surface area (TPSA) is 56.1 Å². The minimum atomic E-state index is 0.0406. The predicted octanol–water partition coefficient (Wildman–Crippen LogP) is 1.70. The Hall–Kier alpha value is -1.86. The molecule has 1 heterocycles. The van der Waals surface area contributed by atoms with Crippen LogP contribution in [0.2, 0.25) is 0 Å². The number of amides is 1. The third-order valence-electron chi connectivity index (χ3n) is 3.05. The highest BCUT2D eigenvalue weighted by molar-refractivity contribution is 5.99. The van der Waals surface area contributed by atoms with Crippen LogP contribution in [0.3, 0.4) is 0 Å². The van der Waals surface area contributed by atoms with E-state index in [1.54, 1.807) is 0 Å². The lowest BCUT2D eigenvalue weighted by atomic mass is 10.00. The molecule has 0 saturated carbocycles. The first-order chi connectivity index (χ1) is 8.11. The van der Waals surface area contributed by atoms with Crippen molar-refractivity contribution < 1.29 is 4.79 Å². The summed E-state index contributed by atoms with van der Waals surface area (Å²) in [5.74, 6) is 0.0406. The van der Waals surface area contributed by atoms with Crippen LogP contribution < -0.4 is 5.32 Å². The lowest BCUT2D eigenvalue weighted by molar-refractivity contribution is -0.115. The first-order valence-electron chi connectivity index (χ1n) is 5.58. The Morgan fingerprint density at radius 1 is 1.53 bits per heavy atom. The molecule has 0 fully saturated rings. The molecule has 1 N–H and O–H groups in total. The van der Waals surface area contributed by atoms with E-state index >= 15 is 0 Å². The average Bonchev–Trinajstić information content (AvgIpc) is 2.64. The average molecular weight is 229 g/mol. The molecule has 1 aliphatic heterocycles. The maximum atomic E-state index is 11.3. The lowest BCUT2D eigenvalue weighted by Gasteiger charge is -2.22. The number of nitriles is 1. The lowest BCUT2D eigenvalue weighted by Crippen LogP contribution is -2.19. The minimum Gasteiger partial charge on any atom is -0.326 e. The summed E-state index contributed by atoms with van der Waals surface area (Å²) in [6.07, 6.45) is 0.892. The summed E-state index contributed by atoms with van der Waals surface area (Å²) in [5.41, 5.74) is 3.01. The first kappa shape index (κ1) is 11.6. The van der Waals surface area contributed by atoms with Crippen molar-refractivity contribution in [1.29, 1.82) is 5.26 Å². The molecule has 0 radical (unpaired) electrons. The third-order valence-corrected chi connectivity index (χ3v) is 3.05. The summed E-state index contributed by atoms with van der Waals surface area (Å²) in [6, 6.07) is 8.21. The Morgan fingerprint density at radius 3 is 2.94 bits per heavy atom. The second kappa shape index (κ2) is 4.56.